The largest absolute Gasteiger partial charge is 0.467 e. The minimum Gasteiger partial charge on any atom is -0.467 e. The van der Waals surface area contributed by atoms with Gasteiger partial charge >= 0.3 is 0 Å². The molecule has 5 nitrogen and oxygen atoms in total. The van der Waals surface area contributed by atoms with Crippen molar-refractivity contribution in [2.75, 3.05) is 7.05 Å². The highest BCUT2D eigenvalue weighted by molar-refractivity contribution is 7.10. The van der Waals surface area contributed by atoms with Gasteiger partial charge in [0.15, 0.2) is 0 Å². The molecule has 2 heterocycles. The third kappa shape index (κ3) is 3.23. The fourth-order valence-corrected chi connectivity index (χ4v) is 2.64. The Labute approximate surface area is 116 Å². The molecule has 2 aromatic rings. The van der Waals surface area contributed by atoms with E-state index < -0.39 is 0 Å². The van der Waals surface area contributed by atoms with E-state index in [2.05, 4.69) is 28.7 Å². The fourth-order valence-electron chi connectivity index (χ4n) is 1.79. The molecular formula is C13H17N3O2S. The van der Waals surface area contributed by atoms with Crippen LogP contribution in [0.2, 0.25) is 0 Å². The number of hydrogen-bond acceptors (Lipinski definition) is 5. The summed E-state index contributed by atoms with van der Waals surface area (Å²) in [4.78, 5) is 14.8. The Bertz CT molecular complexity index is 536. The Morgan fingerprint density at radius 1 is 1.63 bits per heavy atom. The lowest BCUT2D eigenvalue weighted by molar-refractivity contribution is 0.0953. The maximum absolute atomic E-state index is 11.3. The van der Waals surface area contributed by atoms with Gasteiger partial charge in [-0.05, 0) is 31.5 Å². The molecule has 0 saturated carbocycles. The van der Waals surface area contributed by atoms with Gasteiger partial charge in [0.2, 0.25) is 0 Å². The third-order valence-electron chi connectivity index (χ3n) is 3.07. The lowest BCUT2D eigenvalue weighted by Gasteiger charge is -2.22. The number of carbonyl (C=O) groups is 1. The van der Waals surface area contributed by atoms with Gasteiger partial charge in [0.1, 0.15) is 12.0 Å². The summed E-state index contributed by atoms with van der Waals surface area (Å²) < 4.78 is 5.37. The quantitative estimate of drug-likeness (QED) is 0.500. The smallest absolute Gasteiger partial charge is 0.268 e. The predicted octanol–water partition coefficient (Wildman–Crippen LogP) is 2.14. The Balaban J connectivity index is 2.01. The second-order valence-corrected chi connectivity index (χ2v) is 5.36. The molecule has 19 heavy (non-hydrogen) atoms. The van der Waals surface area contributed by atoms with Gasteiger partial charge in [-0.3, -0.25) is 15.1 Å². The van der Waals surface area contributed by atoms with Crippen molar-refractivity contribution in [1.82, 2.24) is 10.3 Å². The molecule has 102 valence electrons. The Kier molecular flexibility index (Phi) is 4.36. The van der Waals surface area contributed by atoms with Gasteiger partial charge in [0, 0.05) is 10.9 Å². The lowest BCUT2D eigenvalue weighted by atomic mass is 10.2. The van der Waals surface area contributed by atoms with E-state index in [1.165, 1.54) is 11.1 Å². The van der Waals surface area contributed by atoms with Crippen LogP contribution in [0.4, 0.5) is 0 Å². The molecule has 0 aliphatic heterocycles. The van der Waals surface area contributed by atoms with Crippen LogP contribution in [0.5, 0.6) is 0 Å². The second kappa shape index (κ2) is 6.01. The average Bonchev–Trinajstić information content (AvgIpc) is 3.07. The lowest BCUT2D eigenvalue weighted by Crippen LogP contribution is -2.29. The number of hydrazine groups is 1. The molecule has 2 aromatic heterocycles. The normalized spacial score (nSPS) is 12.6. The first-order chi connectivity index (χ1) is 9.11. The summed E-state index contributed by atoms with van der Waals surface area (Å²) in [5.41, 5.74) is 2.52. The van der Waals surface area contributed by atoms with Crippen LogP contribution in [0.15, 0.2) is 34.3 Å². The maximum Gasteiger partial charge on any atom is 0.268 e. The standard InChI is InChI=1S/C13H17N3O2S/c1-9(12-4-3-5-19-12)16(2)7-11-6-10(8-18-11)13(17)15-14/h3-6,8-9H,7,14H2,1-2H3,(H,15,17). The first-order valence-corrected chi connectivity index (χ1v) is 6.81. The summed E-state index contributed by atoms with van der Waals surface area (Å²) in [5, 5.41) is 2.07. The number of nitrogens with two attached hydrogens (primary N) is 1. The molecule has 6 heteroatoms. The van der Waals surface area contributed by atoms with Gasteiger partial charge in [-0.1, -0.05) is 6.07 Å². The van der Waals surface area contributed by atoms with Crippen LogP contribution < -0.4 is 11.3 Å². The Morgan fingerprint density at radius 2 is 2.42 bits per heavy atom. The number of amides is 1. The summed E-state index contributed by atoms with van der Waals surface area (Å²) in [5.74, 6) is 5.47. The summed E-state index contributed by atoms with van der Waals surface area (Å²) >= 11 is 1.73. The SMILES string of the molecule is CC(c1cccs1)N(C)Cc1cc(C(=O)NN)co1. The zero-order valence-corrected chi connectivity index (χ0v) is 11.7. The number of hydrogen-bond donors (Lipinski definition) is 2. The van der Waals surface area contributed by atoms with Crippen molar-refractivity contribution in [3.63, 3.8) is 0 Å². The van der Waals surface area contributed by atoms with Gasteiger partial charge in [-0.25, -0.2) is 5.84 Å². The summed E-state index contributed by atoms with van der Waals surface area (Å²) in [6.45, 7) is 2.78. The van der Waals surface area contributed by atoms with E-state index in [0.29, 0.717) is 18.2 Å². The van der Waals surface area contributed by atoms with Gasteiger partial charge in [0.25, 0.3) is 5.91 Å². The van der Waals surface area contributed by atoms with Crippen LogP contribution in [0.3, 0.4) is 0 Å². The molecule has 0 aliphatic rings. The molecule has 2 rings (SSSR count). The molecule has 1 amide bonds. The Morgan fingerprint density at radius 3 is 3.05 bits per heavy atom. The zero-order chi connectivity index (χ0) is 13.8. The van der Waals surface area contributed by atoms with Crippen molar-refractivity contribution >= 4 is 17.2 Å². The number of nitrogen functional groups attached to an aromatic ring is 1. The molecule has 0 aliphatic carbocycles. The van der Waals surface area contributed by atoms with E-state index in [0.717, 1.165) is 5.76 Å². The fraction of sp³-hybridized carbons (Fsp3) is 0.308. The van der Waals surface area contributed by atoms with Crippen molar-refractivity contribution in [3.8, 4) is 0 Å². The summed E-state index contributed by atoms with van der Waals surface area (Å²) in [6.07, 6.45) is 1.42. The molecule has 0 spiro atoms. The van der Waals surface area contributed by atoms with Gasteiger partial charge in [0.05, 0.1) is 12.1 Å². The Hall–Kier alpha value is -1.63. The van der Waals surface area contributed by atoms with Crippen molar-refractivity contribution in [1.29, 1.82) is 0 Å². The topological polar surface area (TPSA) is 71.5 Å². The van der Waals surface area contributed by atoms with Crippen molar-refractivity contribution < 1.29 is 9.21 Å². The first-order valence-electron chi connectivity index (χ1n) is 5.94. The molecule has 1 unspecified atom stereocenters. The number of nitrogens with zero attached hydrogens (tertiary/aromatic N) is 1. The van der Waals surface area contributed by atoms with E-state index in [9.17, 15) is 4.79 Å². The third-order valence-corrected chi connectivity index (χ3v) is 4.11. The van der Waals surface area contributed by atoms with Crippen LogP contribution in [0.25, 0.3) is 0 Å². The van der Waals surface area contributed by atoms with Crippen molar-refractivity contribution in [3.05, 3.63) is 46.0 Å². The average molecular weight is 279 g/mol. The highest BCUT2D eigenvalue weighted by Gasteiger charge is 2.15. The van der Waals surface area contributed by atoms with Crippen LogP contribution >= 0.6 is 11.3 Å². The first kappa shape index (κ1) is 13.8. The molecular weight excluding hydrogens is 262 g/mol. The summed E-state index contributed by atoms with van der Waals surface area (Å²) in [7, 11) is 2.02. The van der Waals surface area contributed by atoms with Crippen LogP contribution in [0, 0.1) is 0 Å². The minimum absolute atomic E-state index is 0.303. The number of furan rings is 1. The second-order valence-electron chi connectivity index (χ2n) is 4.38. The van der Waals surface area contributed by atoms with E-state index in [4.69, 9.17) is 10.3 Å². The van der Waals surface area contributed by atoms with Crippen molar-refractivity contribution in [2.45, 2.75) is 19.5 Å². The van der Waals surface area contributed by atoms with Gasteiger partial charge in [-0.2, -0.15) is 0 Å². The highest BCUT2D eigenvalue weighted by atomic mass is 32.1. The number of rotatable bonds is 5. The van der Waals surface area contributed by atoms with Gasteiger partial charge < -0.3 is 4.42 Å². The number of nitrogens with one attached hydrogen (secondary N) is 1. The number of thiophene rings is 1. The van der Waals surface area contributed by atoms with Crippen LogP contribution in [-0.2, 0) is 6.54 Å². The van der Waals surface area contributed by atoms with E-state index in [-0.39, 0.29) is 5.91 Å². The predicted molar refractivity (Wildman–Crippen MR) is 74.6 cm³/mol. The molecule has 0 bridgehead atoms. The van der Waals surface area contributed by atoms with E-state index in [1.807, 2.05) is 13.1 Å². The minimum atomic E-state index is -0.344. The molecule has 0 saturated heterocycles. The number of carbonyl (C=O) groups excluding carboxylic acids is 1. The van der Waals surface area contributed by atoms with Crippen LogP contribution in [-0.4, -0.2) is 17.9 Å². The molecule has 0 aromatic carbocycles. The molecule has 1 atom stereocenters. The summed E-state index contributed by atoms with van der Waals surface area (Å²) in [6, 6.07) is 6.17. The molecule has 3 N–H and O–H groups in total. The molecule has 0 fully saturated rings. The van der Waals surface area contributed by atoms with E-state index in [1.54, 1.807) is 17.4 Å². The monoisotopic (exact) mass is 279 g/mol. The molecule has 0 radical (unpaired) electrons. The van der Waals surface area contributed by atoms with E-state index >= 15 is 0 Å². The van der Waals surface area contributed by atoms with Crippen molar-refractivity contribution in [2.24, 2.45) is 5.84 Å². The zero-order valence-electron chi connectivity index (χ0n) is 10.9. The highest BCUT2D eigenvalue weighted by Crippen LogP contribution is 2.25. The van der Waals surface area contributed by atoms with Gasteiger partial charge in [-0.15, -0.1) is 11.3 Å². The maximum atomic E-state index is 11.3. The van der Waals surface area contributed by atoms with Crippen LogP contribution in [0.1, 0.15) is 34.0 Å².